The predicted octanol–water partition coefficient (Wildman–Crippen LogP) is 1.26. The molecule has 98 valence electrons. The van der Waals surface area contributed by atoms with E-state index in [9.17, 15) is 5.11 Å². The molecule has 0 amide bonds. The van der Waals surface area contributed by atoms with E-state index in [1.54, 1.807) is 11.3 Å². The van der Waals surface area contributed by atoms with Crippen LogP contribution < -0.4 is 5.73 Å². The summed E-state index contributed by atoms with van der Waals surface area (Å²) in [5.41, 5.74) is 6.40. The third kappa shape index (κ3) is 3.56. The maximum atomic E-state index is 9.87. The monoisotopic (exact) mass is 264 g/mol. The molecular formula is C14H20N2OS. The number of rotatable bonds is 2. The fourth-order valence-corrected chi connectivity index (χ4v) is 3.02. The van der Waals surface area contributed by atoms with Crippen molar-refractivity contribution in [3.8, 4) is 11.8 Å². The van der Waals surface area contributed by atoms with Gasteiger partial charge in [-0.05, 0) is 24.9 Å². The van der Waals surface area contributed by atoms with E-state index in [0.29, 0.717) is 12.5 Å². The maximum absolute atomic E-state index is 9.87. The normalized spacial score (nSPS) is 24.6. The number of aliphatic hydroxyl groups excluding tert-OH is 1. The van der Waals surface area contributed by atoms with Crippen molar-refractivity contribution in [2.75, 3.05) is 19.6 Å². The van der Waals surface area contributed by atoms with Crippen molar-refractivity contribution in [2.45, 2.75) is 26.0 Å². The van der Waals surface area contributed by atoms with Gasteiger partial charge in [0.05, 0.1) is 12.6 Å². The smallest absolute Gasteiger partial charge is 0.0693 e. The van der Waals surface area contributed by atoms with Crippen molar-refractivity contribution in [1.29, 1.82) is 0 Å². The summed E-state index contributed by atoms with van der Waals surface area (Å²) in [5, 5.41) is 11.9. The average molecular weight is 264 g/mol. The van der Waals surface area contributed by atoms with Gasteiger partial charge in [-0.15, -0.1) is 11.3 Å². The van der Waals surface area contributed by atoms with E-state index in [4.69, 9.17) is 5.73 Å². The zero-order valence-electron chi connectivity index (χ0n) is 10.7. The molecule has 1 aliphatic rings. The fraction of sp³-hybridized carbons (Fsp3) is 0.571. The average Bonchev–Trinajstić information content (AvgIpc) is 2.79. The Hall–Kier alpha value is -0.860. The molecule has 0 saturated carbocycles. The number of thiophene rings is 1. The summed E-state index contributed by atoms with van der Waals surface area (Å²) in [6.07, 6.45) is 0.891. The van der Waals surface area contributed by atoms with E-state index in [-0.39, 0.29) is 6.10 Å². The molecule has 1 fully saturated rings. The number of nitrogens with two attached hydrogens (primary N) is 1. The Kier molecular flexibility index (Phi) is 4.79. The van der Waals surface area contributed by atoms with Crippen LogP contribution in [0.5, 0.6) is 0 Å². The van der Waals surface area contributed by atoms with Crippen LogP contribution in [0.15, 0.2) is 11.4 Å². The number of likely N-dealkylation sites (tertiary alicyclic amines) is 1. The van der Waals surface area contributed by atoms with Gasteiger partial charge >= 0.3 is 0 Å². The summed E-state index contributed by atoms with van der Waals surface area (Å²) in [6, 6.07) is 2.12. The second kappa shape index (κ2) is 6.35. The maximum Gasteiger partial charge on any atom is 0.0693 e. The molecule has 1 aromatic rings. The molecule has 3 nitrogen and oxygen atoms in total. The standard InChI is InChI=1S/C14H20N2OS/c1-11-4-6-16(9-14(11)17)8-13-7-12(10-18-13)3-2-5-15/h7,10-11,14,17H,4-6,8-9,15H2,1H3. The van der Waals surface area contributed by atoms with Crippen LogP contribution in [-0.4, -0.2) is 35.7 Å². The molecule has 0 aliphatic carbocycles. The van der Waals surface area contributed by atoms with Crippen molar-refractivity contribution in [3.63, 3.8) is 0 Å². The van der Waals surface area contributed by atoms with Gasteiger partial charge in [-0.1, -0.05) is 18.8 Å². The third-order valence-corrected chi connectivity index (χ3v) is 4.29. The lowest BCUT2D eigenvalue weighted by Crippen LogP contribution is -2.42. The molecule has 0 aromatic carbocycles. The molecule has 2 rings (SSSR count). The lowest BCUT2D eigenvalue weighted by Gasteiger charge is -2.33. The summed E-state index contributed by atoms with van der Waals surface area (Å²) in [5.74, 6) is 6.34. The summed E-state index contributed by atoms with van der Waals surface area (Å²) in [7, 11) is 0. The Labute approximate surface area is 113 Å². The summed E-state index contributed by atoms with van der Waals surface area (Å²) in [4.78, 5) is 3.62. The van der Waals surface area contributed by atoms with Gasteiger partial charge in [-0.25, -0.2) is 0 Å². The quantitative estimate of drug-likeness (QED) is 0.791. The highest BCUT2D eigenvalue weighted by Gasteiger charge is 2.24. The molecular weight excluding hydrogens is 244 g/mol. The van der Waals surface area contributed by atoms with Gasteiger partial charge < -0.3 is 10.8 Å². The molecule has 1 saturated heterocycles. The molecule has 1 aliphatic heterocycles. The topological polar surface area (TPSA) is 49.5 Å². The molecule has 1 aromatic heterocycles. The molecule has 4 heteroatoms. The highest BCUT2D eigenvalue weighted by Crippen LogP contribution is 2.21. The van der Waals surface area contributed by atoms with E-state index in [1.807, 2.05) is 0 Å². The first-order valence-corrected chi connectivity index (χ1v) is 7.23. The Balaban J connectivity index is 1.91. The number of hydrogen-bond acceptors (Lipinski definition) is 4. The lowest BCUT2D eigenvalue weighted by molar-refractivity contribution is 0.0263. The minimum absolute atomic E-state index is 0.185. The van der Waals surface area contributed by atoms with Crippen LogP contribution in [0.3, 0.4) is 0 Å². The first-order chi connectivity index (χ1) is 8.69. The van der Waals surface area contributed by atoms with E-state index < -0.39 is 0 Å². The second-order valence-electron chi connectivity index (χ2n) is 4.88. The minimum atomic E-state index is -0.185. The largest absolute Gasteiger partial charge is 0.392 e. The Bertz CT molecular complexity index is 446. The zero-order chi connectivity index (χ0) is 13.0. The summed E-state index contributed by atoms with van der Waals surface area (Å²) in [6.45, 7) is 5.29. The van der Waals surface area contributed by atoms with Gasteiger partial charge in [0.1, 0.15) is 0 Å². The number of aliphatic hydroxyl groups is 1. The molecule has 2 atom stereocenters. The Morgan fingerprint density at radius 3 is 3.17 bits per heavy atom. The molecule has 2 unspecified atom stereocenters. The minimum Gasteiger partial charge on any atom is -0.392 e. The van der Waals surface area contributed by atoms with E-state index in [1.165, 1.54) is 4.88 Å². The van der Waals surface area contributed by atoms with Gasteiger partial charge in [0, 0.05) is 28.9 Å². The fourth-order valence-electron chi connectivity index (χ4n) is 2.16. The van der Waals surface area contributed by atoms with Gasteiger partial charge in [0.2, 0.25) is 0 Å². The number of β-amino-alcohol motifs (C(OH)–C–C–N with tert-alkyl or cyclic N) is 1. The van der Waals surface area contributed by atoms with E-state index in [0.717, 1.165) is 31.6 Å². The predicted molar refractivity (Wildman–Crippen MR) is 75.3 cm³/mol. The number of hydrogen-bond donors (Lipinski definition) is 2. The van der Waals surface area contributed by atoms with Crippen molar-refractivity contribution >= 4 is 11.3 Å². The van der Waals surface area contributed by atoms with Crippen molar-refractivity contribution < 1.29 is 5.11 Å². The Morgan fingerprint density at radius 1 is 1.61 bits per heavy atom. The number of nitrogens with zero attached hydrogens (tertiary/aromatic N) is 1. The van der Waals surface area contributed by atoms with Crippen LogP contribution in [0.4, 0.5) is 0 Å². The van der Waals surface area contributed by atoms with Crippen molar-refractivity contribution in [2.24, 2.45) is 11.7 Å². The second-order valence-corrected chi connectivity index (χ2v) is 5.87. The van der Waals surface area contributed by atoms with Crippen molar-refractivity contribution in [1.82, 2.24) is 4.90 Å². The van der Waals surface area contributed by atoms with Crippen LogP contribution in [0.25, 0.3) is 0 Å². The van der Waals surface area contributed by atoms with Crippen LogP contribution in [0.1, 0.15) is 23.8 Å². The third-order valence-electron chi connectivity index (χ3n) is 3.37. The van der Waals surface area contributed by atoms with Gasteiger partial charge in [0.15, 0.2) is 0 Å². The Morgan fingerprint density at radius 2 is 2.44 bits per heavy atom. The highest BCUT2D eigenvalue weighted by atomic mass is 32.1. The lowest BCUT2D eigenvalue weighted by atomic mass is 9.96. The van der Waals surface area contributed by atoms with Crippen LogP contribution in [-0.2, 0) is 6.54 Å². The van der Waals surface area contributed by atoms with Crippen molar-refractivity contribution in [3.05, 3.63) is 21.9 Å². The van der Waals surface area contributed by atoms with Crippen LogP contribution >= 0.6 is 11.3 Å². The summed E-state index contributed by atoms with van der Waals surface area (Å²) < 4.78 is 0. The highest BCUT2D eigenvalue weighted by molar-refractivity contribution is 7.10. The first-order valence-electron chi connectivity index (χ1n) is 6.36. The van der Waals surface area contributed by atoms with E-state index >= 15 is 0 Å². The zero-order valence-corrected chi connectivity index (χ0v) is 11.5. The molecule has 18 heavy (non-hydrogen) atoms. The SMILES string of the molecule is CC1CCN(Cc2cc(C#CCN)cs2)CC1O. The van der Waals surface area contributed by atoms with Gasteiger partial charge in [-0.2, -0.15) is 0 Å². The summed E-state index contributed by atoms with van der Waals surface area (Å²) >= 11 is 1.73. The molecule has 0 spiro atoms. The van der Waals surface area contributed by atoms with Crippen LogP contribution in [0.2, 0.25) is 0 Å². The van der Waals surface area contributed by atoms with Gasteiger partial charge in [-0.3, -0.25) is 4.90 Å². The molecule has 0 bridgehead atoms. The molecule has 0 radical (unpaired) electrons. The van der Waals surface area contributed by atoms with Crippen LogP contribution in [0, 0.1) is 17.8 Å². The molecule has 3 N–H and O–H groups in total. The molecule has 2 heterocycles. The first kappa shape index (κ1) is 13.6. The van der Waals surface area contributed by atoms with E-state index in [2.05, 4.69) is 35.1 Å². The number of piperidine rings is 1. The van der Waals surface area contributed by atoms with Gasteiger partial charge in [0.25, 0.3) is 0 Å².